The summed E-state index contributed by atoms with van der Waals surface area (Å²) in [6.45, 7) is 0. The molecule has 1 saturated carbocycles. The van der Waals surface area contributed by atoms with E-state index >= 15 is 0 Å². The molecule has 0 amide bonds. The standard InChI is InChI=1S/C13H16BrNO2/c1-17-12(16)13(8-2-3-9-13)15-11-6-4-10(14)5-7-11/h4-7,15H,2-3,8-9H2,1H3. The van der Waals surface area contributed by atoms with Gasteiger partial charge in [-0.2, -0.15) is 0 Å². The maximum absolute atomic E-state index is 11.9. The van der Waals surface area contributed by atoms with Crippen LogP contribution >= 0.6 is 15.9 Å². The van der Waals surface area contributed by atoms with E-state index in [0.717, 1.165) is 35.8 Å². The average Bonchev–Trinajstić information content (AvgIpc) is 2.81. The highest BCUT2D eigenvalue weighted by atomic mass is 79.9. The van der Waals surface area contributed by atoms with Gasteiger partial charge in [0.25, 0.3) is 0 Å². The summed E-state index contributed by atoms with van der Waals surface area (Å²) in [6.07, 6.45) is 3.82. The van der Waals surface area contributed by atoms with Crippen LogP contribution in [0.1, 0.15) is 25.7 Å². The summed E-state index contributed by atoms with van der Waals surface area (Å²) < 4.78 is 5.95. The van der Waals surface area contributed by atoms with Crippen LogP contribution in [0.4, 0.5) is 5.69 Å². The van der Waals surface area contributed by atoms with Crippen LogP contribution in [0.25, 0.3) is 0 Å². The highest BCUT2D eigenvalue weighted by molar-refractivity contribution is 9.10. The number of esters is 1. The maximum Gasteiger partial charge on any atom is 0.331 e. The zero-order chi connectivity index (χ0) is 12.3. The first-order valence-corrected chi connectivity index (χ1v) is 6.58. The van der Waals surface area contributed by atoms with Crippen LogP contribution in [0, 0.1) is 0 Å². The van der Waals surface area contributed by atoms with Crippen molar-refractivity contribution in [2.24, 2.45) is 0 Å². The van der Waals surface area contributed by atoms with Gasteiger partial charge in [-0.15, -0.1) is 0 Å². The predicted octanol–water partition coefficient (Wildman–Crippen LogP) is 3.35. The molecule has 0 unspecified atom stereocenters. The lowest BCUT2D eigenvalue weighted by Gasteiger charge is -2.28. The summed E-state index contributed by atoms with van der Waals surface area (Å²) in [5.74, 6) is -0.155. The number of anilines is 1. The Morgan fingerprint density at radius 1 is 1.29 bits per heavy atom. The van der Waals surface area contributed by atoms with Crippen LogP contribution in [0.5, 0.6) is 0 Å². The summed E-state index contributed by atoms with van der Waals surface area (Å²) in [5.41, 5.74) is 0.434. The molecule has 1 aromatic rings. The molecular weight excluding hydrogens is 282 g/mol. The van der Waals surface area contributed by atoms with Crippen molar-refractivity contribution in [2.45, 2.75) is 31.2 Å². The second-order valence-electron chi connectivity index (χ2n) is 4.41. The number of rotatable bonds is 3. The second kappa shape index (κ2) is 5.08. The monoisotopic (exact) mass is 297 g/mol. The predicted molar refractivity (Wildman–Crippen MR) is 71.0 cm³/mol. The Balaban J connectivity index is 2.18. The minimum atomic E-state index is -0.525. The van der Waals surface area contributed by atoms with Gasteiger partial charge in [-0.1, -0.05) is 28.8 Å². The zero-order valence-electron chi connectivity index (χ0n) is 9.83. The topological polar surface area (TPSA) is 38.3 Å². The van der Waals surface area contributed by atoms with E-state index in [2.05, 4.69) is 21.2 Å². The SMILES string of the molecule is COC(=O)C1(Nc2ccc(Br)cc2)CCCC1. The number of ether oxygens (including phenoxy) is 1. The van der Waals surface area contributed by atoms with Crippen molar-refractivity contribution in [3.8, 4) is 0 Å². The summed E-state index contributed by atoms with van der Waals surface area (Å²) in [4.78, 5) is 11.9. The van der Waals surface area contributed by atoms with Crippen LogP contribution in [0.3, 0.4) is 0 Å². The van der Waals surface area contributed by atoms with E-state index in [1.54, 1.807) is 0 Å². The average molecular weight is 298 g/mol. The number of methoxy groups -OCH3 is 1. The van der Waals surface area contributed by atoms with Crippen molar-refractivity contribution in [3.63, 3.8) is 0 Å². The molecule has 0 radical (unpaired) electrons. The van der Waals surface area contributed by atoms with Crippen LogP contribution < -0.4 is 5.32 Å². The molecule has 92 valence electrons. The van der Waals surface area contributed by atoms with Crippen molar-refractivity contribution < 1.29 is 9.53 Å². The molecule has 0 atom stereocenters. The smallest absolute Gasteiger partial charge is 0.331 e. The Hall–Kier alpha value is -1.03. The summed E-state index contributed by atoms with van der Waals surface area (Å²) in [7, 11) is 1.45. The number of nitrogens with one attached hydrogen (secondary N) is 1. The van der Waals surface area contributed by atoms with Crippen molar-refractivity contribution in [3.05, 3.63) is 28.7 Å². The first-order chi connectivity index (χ1) is 8.16. The van der Waals surface area contributed by atoms with Crippen molar-refractivity contribution >= 4 is 27.6 Å². The molecule has 0 saturated heterocycles. The van der Waals surface area contributed by atoms with Gasteiger partial charge >= 0.3 is 5.97 Å². The molecule has 1 aliphatic rings. The molecule has 1 fully saturated rings. The fraction of sp³-hybridized carbons (Fsp3) is 0.462. The number of carbonyl (C=O) groups is 1. The van der Waals surface area contributed by atoms with E-state index in [0.29, 0.717) is 0 Å². The number of hydrogen-bond donors (Lipinski definition) is 1. The zero-order valence-corrected chi connectivity index (χ0v) is 11.4. The molecule has 1 aliphatic carbocycles. The minimum Gasteiger partial charge on any atom is -0.467 e. The lowest BCUT2D eigenvalue weighted by molar-refractivity contribution is -0.145. The molecular formula is C13H16BrNO2. The molecule has 0 heterocycles. The van der Waals surface area contributed by atoms with Crippen LogP contribution in [-0.2, 0) is 9.53 Å². The van der Waals surface area contributed by atoms with E-state index in [9.17, 15) is 4.79 Å². The second-order valence-corrected chi connectivity index (χ2v) is 5.33. The highest BCUT2D eigenvalue weighted by Gasteiger charge is 2.42. The van der Waals surface area contributed by atoms with Crippen LogP contribution in [0.15, 0.2) is 28.7 Å². The normalized spacial score (nSPS) is 17.8. The van der Waals surface area contributed by atoms with Crippen LogP contribution in [0.2, 0.25) is 0 Å². The lowest BCUT2D eigenvalue weighted by atomic mass is 9.97. The van der Waals surface area contributed by atoms with Gasteiger partial charge in [-0.3, -0.25) is 0 Å². The number of benzene rings is 1. The lowest BCUT2D eigenvalue weighted by Crippen LogP contribution is -2.44. The third kappa shape index (κ3) is 2.63. The van der Waals surface area contributed by atoms with Gasteiger partial charge in [0.1, 0.15) is 5.54 Å². The Morgan fingerprint density at radius 2 is 1.88 bits per heavy atom. The van der Waals surface area contributed by atoms with Gasteiger partial charge in [-0.25, -0.2) is 4.79 Å². The maximum atomic E-state index is 11.9. The molecule has 4 heteroatoms. The molecule has 3 nitrogen and oxygen atoms in total. The largest absolute Gasteiger partial charge is 0.467 e. The Kier molecular flexibility index (Phi) is 3.72. The fourth-order valence-electron chi connectivity index (χ4n) is 2.36. The Labute approximate surface area is 110 Å². The number of hydrogen-bond acceptors (Lipinski definition) is 3. The number of halogens is 1. The highest BCUT2D eigenvalue weighted by Crippen LogP contribution is 2.34. The molecule has 1 N–H and O–H groups in total. The van der Waals surface area contributed by atoms with Gasteiger partial charge in [-0.05, 0) is 37.1 Å². The molecule has 2 rings (SSSR count). The third-order valence-corrected chi connectivity index (χ3v) is 3.79. The van der Waals surface area contributed by atoms with E-state index in [1.165, 1.54) is 7.11 Å². The van der Waals surface area contributed by atoms with Crippen molar-refractivity contribution in [1.29, 1.82) is 0 Å². The third-order valence-electron chi connectivity index (χ3n) is 3.26. The first kappa shape index (κ1) is 12.4. The van der Waals surface area contributed by atoms with Crippen LogP contribution in [-0.4, -0.2) is 18.6 Å². The quantitative estimate of drug-likeness (QED) is 0.870. The summed E-state index contributed by atoms with van der Waals surface area (Å²) in [5, 5.41) is 3.34. The van der Waals surface area contributed by atoms with E-state index in [-0.39, 0.29) is 5.97 Å². The molecule has 17 heavy (non-hydrogen) atoms. The van der Waals surface area contributed by atoms with E-state index in [1.807, 2.05) is 24.3 Å². The van der Waals surface area contributed by atoms with Gasteiger partial charge in [0.2, 0.25) is 0 Å². The van der Waals surface area contributed by atoms with E-state index < -0.39 is 5.54 Å². The van der Waals surface area contributed by atoms with Gasteiger partial charge in [0.15, 0.2) is 0 Å². The van der Waals surface area contributed by atoms with Crippen molar-refractivity contribution in [1.82, 2.24) is 0 Å². The van der Waals surface area contributed by atoms with Gasteiger partial charge < -0.3 is 10.1 Å². The fourth-order valence-corrected chi connectivity index (χ4v) is 2.63. The summed E-state index contributed by atoms with van der Waals surface area (Å²) >= 11 is 3.39. The van der Waals surface area contributed by atoms with Gasteiger partial charge in [0, 0.05) is 10.2 Å². The van der Waals surface area contributed by atoms with Gasteiger partial charge in [0.05, 0.1) is 7.11 Å². The van der Waals surface area contributed by atoms with Crippen molar-refractivity contribution in [2.75, 3.05) is 12.4 Å². The molecule has 1 aromatic carbocycles. The number of carbonyl (C=O) groups excluding carboxylic acids is 1. The van der Waals surface area contributed by atoms with E-state index in [4.69, 9.17) is 4.74 Å². The minimum absolute atomic E-state index is 0.155. The molecule has 0 aliphatic heterocycles. The molecule has 0 spiro atoms. The first-order valence-electron chi connectivity index (χ1n) is 5.78. The Morgan fingerprint density at radius 3 is 2.41 bits per heavy atom. The summed E-state index contributed by atoms with van der Waals surface area (Å²) in [6, 6.07) is 7.85. The Bertz CT molecular complexity index is 396. The molecule has 0 bridgehead atoms. The molecule has 0 aromatic heterocycles.